The van der Waals surface area contributed by atoms with Gasteiger partial charge in [-0.2, -0.15) is 4.31 Å². The van der Waals surface area contributed by atoms with Gasteiger partial charge < -0.3 is 9.47 Å². The van der Waals surface area contributed by atoms with E-state index in [2.05, 4.69) is 0 Å². The Labute approximate surface area is 150 Å². The number of fused-ring (bicyclic) bond motifs is 1. The predicted molar refractivity (Wildman–Crippen MR) is 90.2 cm³/mol. The summed E-state index contributed by atoms with van der Waals surface area (Å²) in [6.07, 6.45) is 1.32. The fraction of sp³-hybridized carbons (Fsp3) is 0.333. The van der Waals surface area contributed by atoms with E-state index in [0.717, 1.165) is 17.7 Å². The highest BCUT2D eigenvalue weighted by Gasteiger charge is 2.36. The molecule has 2 heterocycles. The normalized spacial score (nSPS) is 19.8. The Balaban J connectivity index is 1.63. The number of hydrogen-bond acceptors (Lipinski definition) is 4. The third-order valence-electron chi connectivity index (χ3n) is 4.73. The standard InChI is InChI=1S/C18H17F2NO4S/c19-14-3-1-4-15(20)13(14)10-26(22,23)21-8-2-5-16(21)12-6-7-17-18(9-12)25-11-24-17/h1,3-4,6-7,9,16H,2,5,8,10-11H2. The Bertz CT molecular complexity index is 928. The molecule has 0 aliphatic carbocycles. The average molecular weight is 381 g/mol. The largest absolute Gasteiger partial charge is 0.454 e. The molecule has 138 valence electrons. The second-order valence-electron chi connectivity index (χ2n) is 6.34. The van der Waals surface area contributed by atoms with Crippen LogP contribution in [-0.4, -0.2) is 26.1 Å². The molecule has 0 radical (unpaired) electrons. The molecule has 2 aliphatic heterocycles. The lowest BCUT2D eigenvalue weighted by Crippen LogP contribution is -2.32. The fourth-order valence-electron chi connectivity index (χ4n) is 3.46. The highest BCUT2D eigenvalue weighted by atomic mass is 32.2. The van der Waals surface area contributed by atoms with E-state index in [9.17, 15) is 17.2 Å². The highest BCUT2D eigenvalue weighted by molar-refractivity contribution is 7.88. The molecule has 0 amide bonds. The maximum atomic E-state index is 13.9. The molecule has 5 nitrogen and oxygen atoms in total. The van der Waals surface area contributed by atoms with Crippen molar-refractivity contribution in [1.82, 2.24) is 4.31 Å². The molecule has 0 saturated carbocycles. The van der Waals surface area contributed by atoms with E-state index in [0.29, 0.717) is 30.9 Å². The summed E-state index contributed by atoms with van der Waals surface area (Å²) in [7, 11) is -3.89. The predicted octanol–water partition coefficient (Wildman–Crippen LogP) is 3.36. The number of halogens is 2. The van der Waals surface area contributed by atoms with Gasteiger partial charge in [-0.1, -0.05) is 12.1 Å². The van der Waals surface area contributed by atoms with Crippen LogP contribution in [0.1, 0.15) is 30.0 Å². The van der Waals surface area contributed by atoms with Crippen LogP contribution in [-0.2, 0) is 15.8 Å². The molecule has 2 aromatic rings. The molecule has 8 heteroatoms. The summed E-state index contributed by atoms with van der Waals surface area (Å²) in [6, 6.07) is 8.27. The van der Waals surface area contributed by atoms with Crippen LogP contribution in [0, 0.1) is 11.6 Å². The molecule has 1 saturated heterocycles. The lowest BCUT2D eigenvalue weighted by atomic mass is 10.0. The van der Waals surface area contributed by atoms with E-state index < -0.39 is 33.0 Å². The smallest absolute Gasteiger partial charge is 0.231 e. The van der Waals surface area contributed by atoms with Crippen LogP contribution in [0.5, 0.6) is 11.5 Å². The number of hydrogen-bond donors (Lipinski definition) is 0. The van der Waals surface area contributed by atoms with Crippen molar-refractivity contribution in [2.24, 2.45) is 0 Å². The third-order valence-corrected chi connectivity index (χ3v) is 6.54. The number of benzene rings is 2. The van der Waals surface area contributed by atoms with Crippen molar-refractivity contribution in [3.05, 3.63) is 59.2 Å². The maximum absolute atomic E-state index is 13.9. The second-order valence-corrected chi connectivity index (χ2v) is 8.26. The first-order chi connectivity index (χ1) is 12.5. The zero-order valence-corrected chi connectivity index (χ0v) is 14.6. The van der Waals surface area contributed by atoms with E-state index in [1.807, 2.05) is 0 Å². The van der Waals surface area contributed by atoms with Crippen LogP contribution in [0.25, 0.3) is 0 Å². The molecule has 26 heavy (non-hydrogen) atoms. The molecular weight excluding hydrogens is 364 g/mol. The summed E-state index contributed by atoms with van der Waals surface area (Å²) in [4.78, 5) is 0. The first kappa shape index (κ1) is 17.2. The van der Waals surface area contributed by atoms with Crippen molar-refractivity contribution in [3.63, 3.8) is 0 Å². The van der Waals surface area contributed by atoms with E-state index in [1.54, 1.807) is 18.2 Å². The monoisotopic (exact) mass is 381 g/mol. The van der Waals surface area contributed by atoms with Crippen LogP contribution in [0.4, 0.5) is 8.78 Å². The summed E-state index contributed by atoms with van der Waals surface area (Å²) in [5, 5.41) is 0. The van der Waals surface area contributed by atoms with E-state index in [-0.39, 0.29) is 12.8 Å². The summed E-state index contributed by atoms with van der Waals surface area (Å²) < 4.78 is 65.5. The van der Waals surface area contributed by atoms with Crippen molar-refractivity contribution < 1.29 is 26.7 Å². The first-order valence-electron chi connectivity index (χ1n) is 8.28. The van der Waals surface area contributed by atoms with Gasteiger partial charge in [-0.15, -0.1) is 0 Å². The minimum Gasteiger partial charge on any atom is -0.454 e. The average Bonchev–Trinajstić information content (AvgIpc) is 3.26. The van der Waals surface area contributed by atoms with Crippen molar-refractivity contribution in [2.45, 2.75) is 24.6 Å². The Morgan fingerprint density at radius 2 is 1.81 bits per heavy atom. The van der Waals surface area contributed by atoms with Crippen LogP contribution < -0.4 is 9.47 Å². The van der Waals surface area contributed by atoms with Gasteiger partial charge in [0.25, 0.3) is 0 Å². The molecule has 0 N–H and O–H groups in total. The van der Waals surface area contributed by atoms with Gasteiger partial charge in [0.15, 0.2) is 11.5 Å². The molecule has 4 rings (SSSR count). The topological polar surface area (TPSA) is 55.8 Å². The van der Waals surface area contributed by atoms with Crippen LogP contribution >= 0.6 is 0 Å². The Kier molecular flexibility index (Phi) is 4.32. The number of rotatable bonds is 4. The van der Waals surface area contributed by atoms with Gasteiger partial charge in [-0.25, -0.2) is 17.2 Å². The molecular formula is C18H17F2NO4S. The zero-order valence-electron chi connectivity index (χ0n) is 13.8. The minimum absolute atomic E-state index is 0.137. The maximum Gasteiger partial charge on any atom is 0.231 e. The van der Waals surface area contributed by atoms with Crippen LogP contribution in [0.3, 0.4) is 0 Å². The molecule has 2 aliphatic rings. The first-order valence-corrected chi connectivity index (χ1v) is 9.88. The number of ether oxygens (including phenoxy) is 2. The molecule has 2 aromatic carbocycles. The molecule has 0 spiro atoms. The van der Waals surface area contributed by atoms with E-state index in [4.69, 9.17) is 9.47 Å². The minimum atomic E-state index is -3.89. The Morgan fingerprint density at radius 3 is 2.58 bits per heavy atom. The highest BCUT2D eigenvalue weighted by Crippen LogP contribution is 2.40. The van der Waals surface area contributed by atoms with Gasteiger partial charge in [0.1, 0.15) is 11.6 Å². The number of sulfonamides is 1. The second kappa shape index (κ2) is 6.51. The number of nitrogens with zero attached hydrogens (tertiary/aromatic N) is 1. The lowest BCUT2D eigenvalue weighted by Gasteiger charge is -2.25. The molecule has 0 aromatic heterocycles. The fourth-order valence-corrected chi connectivity index (χ4v) is 5.29. The van der Waals surface area contributed by atoms with E-state index >= 15 is 0 Å². The van der Waals surface area contributed by atoms with Gasteiger partial charge in [0, 0.05) is 18.2 Å². The summed E-state index contributed by atoms with van der Waals surface area (Å²) in [5.74, 6) is -1.21. The van der Waals surface area contributed by atoms with Gasteiger partial charge in [0.05, 0.1) is 5.75 Å². The molecule has 1 fully saturated rings. The van der Waals surface area contributed by atoms with Crippen molar-refractivity contribution in [1.29, 1.82) is 0 Å². The van der Waals surface area contributed by atoms with Crippen molar-refractivity contribution >= 4 is 10.0 Å². The third kappa shape index (κ3) is 3.03. The Hall–Kier alpha value is -2.19. The van der Waals surface area contributed by atoms with Crippen LogP contribution in [0.2, 0.25) is 0 Å². The molecule has 1 atom stereocenters. The summed E-state index contributed by atoms with van der Waals surface area (Å²) in [6.45, 7) is 0.454. The molecule has 1 unspecified atom stereocenters. The summed E-state index contributed by atoms with van der Waals surface area (Å²) in [5.41, 5.74) is 0.355. The van der Waals surface area contributed by atoms with Crippen LogP contribution in [0.15, 0.2) is 36.4 Å². The van der Waals surface area contributed by atoms with Gasteiger partial charge >= 0.3 is 0 Å². The van der Waals surface area contributed by atoms with E-state index in [1.165, 1.54) is 10.4 Å². The lowest BCUT2D eigenvalue weighted by molar-refractivity contribution is 0.174. The summed E-state index contributed by atoms with van der Waals surface area (Å²) >= 11 is 0. The quantitative estimate of drug-likeness (QED) is 0.815. The van der Waals surface area contributed by atoms with Gasteiger partial charge in [-0.3, -0.25) is 0 Å². The SMILES string of the molecule is O=S(=O)(Cc1c(F)cccc1F)N1CCCC1c1ccc2c(c1)OCO2. The zero-order chi connectivity index (χ0) is 18.3. The van der Waals surface area contributed by atoms with Gasteiger partial charge in [-0.05, 0) is 42.7 Å². The van der Waals surface area contributed by atoms with Crippen molar-refractivity contribution in [3.8, 4) is 11.5 Å². The van der Waals surface area contributed by atoms with Crippen molar-refractivity contribution in [2.75, 3.05) is 13.3 Å². The van der Waals surface area contributed by atoms with Gasteiger partial charge in [0.2, 0.25) is 16.8 Å². The Morgan fingerprint density at radius 1 is 1.08 bits per heavy atom. The molecule has 0 bridgehead atoms.